The van der Waals surface area contributed by atoms with E-state index < -0.39 is 12.1 Å². The van der Waals surface area contributed by atoms with Crippen LogP contribution in [0.25, 0.3) is 10.9 Å². The van der Waals surface area contributed by atoms with Crippen molar-refractivity contribution in [1.29, 1.82) is 0 Å². The summed E-state index contributed by atoms with van der Waals surface area (Å²) in [5, 5.41) is 20.5. The molecule has 0 radical (unpaired) electrons. The predicted molar refractivity (Wildman–Crippen MR) is 84.3 cm³/mol. The molecular weight excluding hydrogens is 281 g/mol. The first-order chi connectivity index (χ1) is 10.6. The number of hydrogen-bond donors (Lipinski definition) is 2. The lowest BCUT2D eigenvalue weighted by molar-refractivity contribution is 0.0653. The Morgan fingerprint density at radius 3 is 2.55 bits per heavy atom. The molecule has 0 fully saturated rings. The van der Waals surface area contributed by atoms with Crippen molar-refractivity contribution in [3.8, 4) is 0 Å². The van der Waals surface area contributed by atoms with Crippen LogP contribution in [-0.2, 0) is 0 Å². The molecule has 0 saturated carbocycles. The minimum absolute atomic E-state index is 0.285. The van der Waals surface area contributed by atoms with Crippen LogP contribution in [0.1, 0.15) is 17.2 Å². The number of hydrogen-bond acceptors (Lipinski definition) is 2. The van der Waals surface area contributed by atoms with Crippen molar-refractivity contribution < 1.29 is 14.6 Å². The topological polar surface area (TPSA) is 45.4 Å². The van der Waals surface area contributed by atoms with Crippen molar-refractivity contribution in [3.63, 3.8) is 0 Å². The van der Waals surface area contributed by atoms with E-state index in [4.69, 9.17) is 0 Å². The molecule has 0 spiro atoms. The van der Waals surface area contributed by atoms with E-state index in [0.29, 0.717) is 0 Å². The summed E-state index contributed by atoms with van der Waals surface area (Å²) < 4.78 is 15.4. The van der Waals surface area contributed by atoms with Gasteiger partial charge in [-0.05, 0) is 36.2 Å². The summed E-state index contributed by atoms with van der Waals surface area (Å²) in [6.07, 6.45) is 0.947. The number of nitrogens with zero attached hydrogens (tertiary/aromatic N) is 1. The van der Waals surface area contributed by atoms with Gasteiger partial charge in [0.25, 0.3) is 0 Å². The molecule has 22 heavy (non-hydrogen) atoms. The Kier molecular flexibility index (Phi) is 3.96. The highest BCUT2D eigenvalue weighted by atomic mass is 19.1. The van der Waals surface area contributed by atoms with Crippen molar-refractivity contribution in [2.45, 2.75) is 19.1 Å². The molecule has 4 heteroatoms. The molecule has 1 heterocycles. The Balaban J connectivity index is 2.21. The number of fused-ring (bicyclic) bond motifs is 1. The van der Waals surface area contributed by atoms with Gasteiger partial charge in [0.15, 0.2) is 0 Å². The Hall–Kier alpha value is -2.17. The third-order valence-corrected chi connectivity index (χ3v) is 3.99. The lowest BCUT2D eigenvalue weighted by atomic mass is 10.0. The molecule has 114 valence electrons. The molecule has 2 N–H and O–H groups in total. The van der Waals surface area contributed by atoms with E-state index in [1.54, 1.807) is 6.07 Å². The molecular formula is C18H18FNO2. The molecule has 2 atom stereocenters. The Bertz CT molecular complexity index is 782. The molecule has 0 aliphatic rings. The van der Waals surface area contributed by atoms with Crippen LogP contribution in [-0.4, -0.2) is 27.5 Å². The van der Waals surface area contributed by atoms with Gasteiger partial charge < -0.3 is 14.8 Å². The first-order valence-corrected chi connectivity index (χ1v) is 7.22. The molecule has 0 unspecified atom stereocenters. The predicted octanol–water partition coefficient (Wildman–Crippen LogP) is 3.03. The zero-order chi connectivity index (χ0) is 15.7. The van der Waals surface area contributed by atoms with Crippen molar-refractivity contribution in [3.05, 3.63) is 71.7 Å². The molecule has 1 aromatic heterocycles. The number of aryl methyl sites for hydroxylation is 1. The van der Waals surface area contributed by atoms with Crippen LogP contribution in [0.4, 0.5) is 4.39 Å². The fraction of sp³-hybridized carbons (Fsp3) is 0.222. The highest BCUT2D eigenvalue weighted by Crippen LogP contribution is 2.30. The van der Waals surface area contributed by atoms with Gasteiger partial charge in [0, 0.05) is 17.1 Å². The van der Waals surface area contributed by atoms with Gasteiger partial charge >= 0.3 is 0 Å². The van der Waals surface area contributed by atoms with E-state index in [2.05, 4.69) is 0 Å². The monoisotopic (exact) mass is 299 g/mol. The van der Waals surface area contributed by atoms with Gasteiger partial charge in [-0.2, -0.15) is 0 Å². The number of benzene rings is 2. The summed E-state index contributed by atoms with van der Waals surface area (Å²) in [6, 6.07) is 13.7. The largest absolute Gasteiger partial charge is 0.394 e. The fourth-order valence-electron chi connectivity index (χ4n) is 2.95. The SMILES string of the molecule is Cc1cn([C@@H](c2ccccc2)[C@H](O)CO)c2ccc(F)cc12. The standard InChI is InChI=1S/C18H18FNO2/c1-12-10-20(16-8-7-14(19)9-15(12)16)18(17(22)11-21)13-5-3-2-4-6-13/h2-10,17-18,21-22H,11H2,1H3/t17-,18+/m1/s1. The molecule has 0 bridgehead atoms. The van der Waals surface area contributed by atoms with Crippen LogP contribution in [0.3, 0.4) is 0 Å². The van der Waals surface area contributed by atoms with Crippen molar-refractivity contribution in [2.24, 2.45) is 0 Å². The first-order valence-electron chi connectivity index (χ1n) is 7.22. The van der Waals surface area contributed by atoms with Crippen LogP contribution in [0.15, 0.2) is 54.7 Å². The number of aliphatic hydroxyl groups is 2. The Morgan fingerprint density at radius 2 is 1.86 bits per heavy atom. The van der Waals surface area contributed by atoms with Crippen molar-refractivity contribution in [2.75, 3.05) is 6.61 Å². The number of halogens is 1. The zero-order valence-corrected chi connectivity index (χ0v) is 12.3. The van der Waals surface area contributed by atoms with Gasteiger partial charge in [-0.15, -0.1) is 0 Å². The molecule has 3 nitrogen and oxygen atoms in total. The van der Waals surface area contributed by atoms with E-state index >= 15 is 0 Å². The van der Waals surface area contributed by atoms with Crippen LogP contribution >= 0.6 is 0 Å². The van der Waals surface area contributed by atoms with E-state index in [9.17, 15) is 14.6 Å². The highest BCUT2D eigenvalue weighted by Gasteiger charge is 2.24. The summed E-state index contributed by atoms with van der Waals surface area (Å²) in [5.74, 6) is -0.285. The van der Waals surface area contributed by atoms with Crippen LogP contribution in [0.2, 0.25) is 0 Å². The second-order valence-corrected chi connectivity index (χ2v) is 5.49. The van der Waals surface area contributed by atoms with Crippen LogP contribution in [0, 0.1) is 12.7 Å². The lowest BCUT2D eigenvalue weighted by Crippen LogP contribution is -2.28. The van der Waals surface area contributed by atoms with E-state index in [0.717, 1.165) is 22.0 Å². The maximum Gasteiger partial charge on any atom is 0.123 e. The van der Waals surface area contributed by atoms with Crippen molar-refractivity contribution in [1.82, 2.24) is 4.57 Å². The first kappa shape index (κ1) is 14.8. The van der Waals surface area contributed by atoms with Gasteiger partial charge in [-0.25, -0.2) is 4.39 Å². The summed E-state index contributed by atoms with van der Waals surface area (Å²) >= 11 is 0. The minimum Gasteiger partial charge on any atom is -0.394 e. The molecule has 3 rings (SSSR count). The molecule has 0 aliphatic heterocycles. The molecule has 0 saturated heterocycles. The average Bonchev–Trinajstić information content (AvgIpc) is 2.85. The second kappa shape index (κ2) is 5.91. The number of aromatic nitrogens is 1. The molecule has 0 amide bonds. The Labute approximate surface area is 128 Å². The molecule has 3 aromatic rings. The van der Waals surface area contributed by atoms with Gasteiger partial charge in [0.2, 0.25) is 0 Å². The van der Waals surface area contributed by atoms with Crippen molar-refractivity contribution >= 4 is 10.9 Å². The zero-order valence-electron chi connectivity index (χ0n) is 12.3. The van der Waals surface area contributed by atoms with Crippen LogP contribution < -0.4 is 0 Å². The summed E-state index contributed by atoms with van der Waals surface area (Å²) in [5.41, 5.74) is 2.66. The lowest BCUT2D eigenvalue weighted by Gasteiger charge is -2.25. The number of rotatable bonds is 4. The third kappa shape index (κ3) is 2.51. The normalized spacial score (nSPS) is 14.2. The summed E-state index contributed by atoms with van der Waals surface area (Å²) in [6.45, 7) is 1.56. The van der Waals surface area contributed by atoms with Gasteiger partial charge in [-0.3, -0.25) is 0 Å². The maximum atomic E-state index is 13.5. The average molecular weight is 299 g/mol. The van der Waals surface area contributed by atoms with E-state index in [1.165, 1.54) is 12.1 Å². The summed E-state index contributed by atoms with van der Waals surface area (Å²) in [4.78, 5) is 0. The molecule has 2 aromatic carbocycles. The highest BCUT2D eigenvalue weighted by molar-refractivity contribution is 5.84. The second-order valence-electron chi connectivity index (χ2n) is 5.49. The third-order valence-electron chi connectivity index (χ3n) is 3.99. The summed E-state index contributed by atoms with van der Waals surface area (Å²) in [7, 11) is 0. The van der Waals surface area contributed by atoms with Gasteiger partial charge in [-0.1, -0.05) is 30.3 Å². The minimum atomic E-state index is -0.942. The number of aliphatic hydroxyl groups excluding tert-OH is 2. The fourth-order valence-corrected chi connectivity index (χ4v) is 2.95. The quantitative estimate of drug-likeness (QED) is 0.778. The maximum absolute atomic E-state index is 13.5. The van der Waals surface area contributed by atoms with Gasteiger partial charge in [0.05, 0.1) is 12.6 Å². The van der Waals surface area contributed by atoms with Gasteiger partial charge in [0.1, 0.15) is 11.9 Å². The smallest absolute Gasteiger partial charge is 0.123 e. The van der Waals surface area contributed by atoms with Crippen LogP contribution in [0.5, 0.6) is 0 Å². The molecule has 0 aliphatic carbocycles. The van der Waals surface area contributed by atoms with E-state index in [-0.39, 0.29) is 12.4 Å². The van der Waals surface area contributed by atoms with E-state index in [1.807, 2.05) is 48.0 Å². The Morgan fingerprint density at radius 1 is 1.14 bits per heavy atom.